The van der Waals surface area contributed by atoms with Crippen LogP contribution in [-0.4, -0.2) is 44.4 Å². The SMILES string of the molecule is CC(C)Oc1ccc(CCNC(=O)c2ccc(Cl)c(S(=O)(=O)N3CCCCC3)c2)cc1. The molecule has 0 aliphatic carbocycles. The third-order valence-electron chi connectivity index (χ3n) is 5.12. The number of hydrogen-bond acceptors (Lipinski definition) is 4. The number of carbonyl (C=O) groups excluding carboxylic acids is 1. The van der Waals surface area contributed by atoms with E-state index in [1.165, 1.54) is 16.4 Å². The molecule has 1 aliphatic heterocycles. The highest BCUT2D eigenvalue weighted by Gasteiger charge is 2.28. The van der Waals surface area contributed by atoms with Gasteiger partial charge in [0.05, 0.1) is 11.1 Å². The maximum absolute atomic E-state index is 13.0. The first-order chi connectivity index (χ1) is 14.8. The number of nitrogens with one attached hydrogen (secondary N) is 1. The van der Waals surface area contributed by atoms with Crippen molar-refractivity contribution < 1.29 is 17.9 Å². The van der Waals surface area contributed by atoms with Gasteiger partial charge in [-0.2, -0.15) is 4.31 Å². The molecule has 0 atom stereocenters. The summed E-state index contributed by atoms with van der Waals surface area (Å²) in [5.41, 5.74) is 1.35. The third-order valence-corrected chi connectivity index (χ3v) is 7.50. The van der Waals surface area contributed by atoms with Crippen LogP contribution in [0.15, 0.2) is 47.4 Å². The molecule has 0 spiro atoms. The second kappa shape index (κ2) is 10.5. The van der Waals surface area contributed by atoms with Crippen LogP contribution in [0.4, 0.5) is 0 Å². The molecule has 6 nitrogen and oxygen atoms in total. The predicted octanol–water partition coefficient (Wildman–Crippen LogP) is 4.27. The Morgan fingerprint density at radius 1 is 1.10 bits per heavy atom. The van der Waals surface area contributed by atoms with Gasteiger partial charge in [0.15, 0.2) is 0 Å². The smallest absolute Gasteiger partial charge is 0.251 e. The quantitative estimate of drug-likeness (QED) is 0.632. The maximum Gasteiger partial charge on any atom is 0.251 e. The number of hydrogen-bond donors (Lipinski definition) is 1. The second-order valence-electron chi connectivity index (χ2n) is 7.93. The normalized spacial score (nSPS) is 15.1. The fourth-order valence-corrected chi connectivity index (χ4v) is 5.53. The van der Waals surface area contributed by atoms with Gasteiger partial charge in [-0.3, -0.25) is 4.79 Å². The molecule has 0 saturated carbocycles. The van der Waals surface area contributed by atoms with E-state index in [0.29, 0.717) is 26.1 Å². The first-order valence-electron chi connectivity index (χ1n) is 10.6. The fraction of sp³-hybridized carbons (Fsp3) is 0.435. The number of benzene rings is 2. The van der Waals surface area contributed by atoms with E-state index in [1.54, 1.807) is 6.07 Å². The van der Waals surface area contributed by atoms with Crippen molar-refractivity contribution in [1.29, 1.82) is 0 Å². The van der Waals surface area contributed by atoms with E-state index in [1.807, 2.05) is 38.1 Å². The summed E-state index contributed by atoms with van der Waals surface area (Å²) >= 11 is 6.19. The molecule has 0 bridgehead atoms. The second-order valence-corrected chi connectivity index (χ2v) is 10.2. The molecule has 0 unspecified atom stereocenters. The monoisotopic (exact) mass is 464 g/mol. The van der Waals surface area contributed by atoms with Crippen molar-refractivity contribution >= 4 is 27.5 Å². The molecule has 1 N–H and O–H groups in total. The number of rotatable bonds is 8. The van der Waals surface area contributed by atoms with Crippen LogP contribution in [0, 0.1) is 0 Å². The average molecular weight is 465 g/mol. The lowest BCUT2D eigenvalue weighted by atomic mass is 10.1. The van der Waals surface area contributed by atoms with Gasteiger partial charge < -0.3 is 10.1 Å². The summed E-state index contributed by atoms with van der Waals surface area (Å²) in [7, 11) is -3.72. The van der Waals surface area contributed by atoms with Crippen LogP contribution in [0.1, 0.15) is 49.0 Å². The summed E-state index contributed by atoms with van der Waals surface area (Å²) < 4.78 is 33.0. The summed E-state index contributed by atoms with van der Waals surface area (Å²) in [4.78, 5) is 12.6. The van der Waals surface area contributed by atoms with Crippen LogP contribution in [-0.2, 0) is 16.4 Å². The Hall–Kier alpha value is -2.09. The Morgan fingerprint density at radius 2 is 1.77 bits per heavy atom. The lowest BCUT2D eigenvalue weighted by molar-refractivity contribution is 0.0954. The summed E-state index contributed by atoms with van der Waals surface area (Å²) in [5, 5.41) is 2.98. The molecular formula is C23H29ClN2O4S. The number of piperidine rings is 1. The van der Waals surface area contributed by atoms with Crippen molar-refractivity contribution in [1.82, 2.24) is 9.62 Å². The molecule has 8 heteroatoms. The zero-order chi connectivity index (χ0) is 22.4. The first kappa shape index (κ1) is 23.6. The van der Waals surface area contributed by atoms with Gasteiger partial charge in [-0.1, -0.05) is 30.2 Å². The van der Waals surface area contributed by atoms with E-state index in [0.717, 1.165) is 30.6 Å². The predicted molar refractivity (Wildman–Crippen MR) is 122 cm³/mol. The summed E-state index contributed by atoms with van der Waals surface area (Å²) in [6.07, 6.45) is 3.46. The average Bonchev–Trinajstić information content (AvgIpc) is 2.75. The van der Waals surface area contributed by atoms with Crippen LogP contribution in [0.3, 0.4) is 0 Å². The molecule has 1 aliphatic rings. The number of amides is 1. The standard InChI is InChI=1S/C23H29ClN2O4S/c1-17(2)30-20-9-6-18(7-10-20)12-13-25-23(27)19-8-11-21(24)22(16-19)31(28,29)26-14-4-3-5-15-26/h6-11,16-17H,3-5,12-15H2,1-2H3,(H,25,27). The molecule has 0 aromatic heterocycles. The van der Waals surface area contributed by atoms with E-state index >= 15 is 0 Å². The Balaban J connectivity index is 1.62. The van der Waals surface area contributed by atoms with Gasteiger partial charge in [-0.05, 0) is 69.0 Å². The maximum atomic E-state index is 13.0. The summed E-state index contributed by atoms with van der Waals surface area (Å²) in [6, 6.07) is 12.2. The topological polar surface area (TPSA) is 75.7 Å². The van der Waals surface area contributed by atoms with Crippen molar-refractivity contribution in [3.63, 3.8) is 0 Å². The number of ether oxygens (including phenoxy) is 1. The van der Waals surface area contributed by atoms with E-state index < -0.39 is 10.0 Å². The van der Waals surface area contributed by atoms with Crippen molar-refractivity contribution in [2.75, 3.05) is 19.6 Å². The molecular weight excluding hydrogens is 436 g/mol. The highest BCUT2D eigenvalue weighted by atomic mass is 35.5. The molecule has 168 valence electrons. The molecule has 3 rings (SSSR count). The van der Waals surface area contributed by atoms with Gasteiger partial charge in [0.1, 0.15) is 10.6 Å². The molecule has 2 aromatic rings. The Labute approximate surface area is 189 Å². The zero-order valence-electron chi connectivity index (χ0n) is 17.9. The van der Waals surface area contributed by atoms with E-state index in [2.05, 4.69) is 5.32 Å². The van der Waals surface area contributed by atoms with Gasteiger partial charge in [-0.15, -0.1) is 0 Å². The third kappa shape index (κ3) is 6.21. The summed E-state index contributed by atoms with van der Waals surface area (Å²) in [6.45, 7) is 5.35. The Kier molecular flexibility index (Phi) is 7.97. The van der Waals surface area contributed by atoms with Crippen LogP contribution in [0.5, 0.6) is 5.75 Å². The Bertz CT molecular complexity index is 1000. The van der Waals surface area contributed by atoms with Crippen LogP contribution >= 0.6 is 11.6 Å². The van der Waals surface area contributed by atoms with Crippen molar-refractivity contribution in [2.45, 2.75) is 50.5 Å². The highest BCUT2D eigenvalue weighted by Crippen LogP contribution is 2.28. The van der Waals surface area contributed by atoms with Crippen molar-refractivity contribution in [3.8, 4) is 5.75 Å². The fourth-order valence-electron chi connectivity index (χ4n) is 3.52. The van der Waals surface area contributed by atoms with Gasteiger partial charge >= 0.3 is 0 Å². The van der Waals surface area contributed by atoms with Crippen LogP contribution in [0.25, 0.3) is 0 Å². The molecule has 1 amide bonds. The van der Waals surface area contributed by atoms with Gasteiger partial charge in [0, 0.05) is 25.2 Å². The lowest BCUT2D eigenvalue weighted by Crippen LogP contribution is -2.36. The Morgan fingerprint density at radius 3 is 2.42 bits per heavy atom. The van der Waals surface area contributed by atoms with E-state index in [9.17, 15) is 13.2 Å². The lowest BCUT2D eigenvalue weighted by Gasteiger charge is -2.26. The molecule has 1 saturated heterocycles. The van der Waals surface area contributed by atoms with Crippen molar-refractivity contribution in [2.24, 2.45) is 0 Å². The first-order valence-corrected chi connectivity index (χ1v) is 12.4. The number of halogens is 1. The molecule has 2 aromatic carbocycles. The van der Waals surface area contributed by atoms with Gasteiger partial charge in [0.25, 0.3) is 5.91 Å². The van der Waals surface area contributed by atoms with Crippen LogP contribution < -0.4 is 10.1 Å². The largest absolute Gasteiger partial charge is 0.491 e. The molecule has 1 fully saturated rings. The summed E-state index contributed by atoms with van der Waals surface area (Å²) in [5.74, 6) is 0.484. The number of carbonyl (C=O) groups is 1. The van der Waals surface area contributed by atoms with E-state index in [4.69, 9.17) is 16.3 Å². The number of sulfonamides is 1. The zero-order valence-corrected chi connectivity index (χ0v) is 19.5. The van der Waals surface area contributed by atoms with Gasteiger partial charge in [0.2, 0.25) is 10.0 Å². The molecule has 31 heavy (non-hydrogen) atoms. The van der Waals surface area contributed by atoms with Crippen molar-refractivity contribution in [3.05, 3.63) is 58.6 Å². The van der Waals surface area contributed by atoms with Crippen LogP contribution in [0.2, 0.25) is 5.02 Å². The molecule has 1 heterocycles. The number of nitrogens with zero attached hydrogens (tertiary/aromatic N) is 1. The minimum Gasteiger partial charge on any atom is -0.491 e. The van der Waals surface area contributed by atoms with Gasteiger partial charge in [-0.25, -0.2) is 8.42 Å². The highest BCUT2D eigenvalue weighted by molar-refractivity contribution is 7.89. The minimum absolute atomic E-state index is 0.00976. The molecule has 0 radical (unpaired) electrons. The minimum atomic E-state index is -3.72. The van der Waals surface area contributed by atoms with E-state index in [-0.39, 0.29) is 27.5 Å².